The molecule has 78 valence electrons. The first-order valence-electron chi connectivity index (χ1n) is 4.69. The van der Waals surface area contributed by atoms with E-state index in [9.17, 15) is 4.79 Å². The second-order valence-corrected chi connectivity index (χ2v) is 3.52. The summed E-state index contributed by atoms with van der Waals surface area (Å²) >= 11 is 0. The lowest BCUT2D eigenvalue weighted by Gasteiger charge is -2.24. The van der Waals surface area contributed by atoms with Gasteiger partial charge in [0.15, 0.2) is 5.54 Å². The monoisotopic (exact) mass is 197 g/mol. The summed E-state index contributed by atoms with van der Waals surface area (Å²) in [5.41, 5.74) is -0.966. The van der Waals surface area contributed by atoms with Gasteiger partial charge in [-0.25, -0.2) is 14.5 Å². The van der Waals surface area contributed by atoms with Gasteiger partial charge in [-0.1, -0.05) is 19.8 Å². The van der Waals surface area contributed by atoms with Crippen LogP contribution in [0.5, 0.6) is 0 Å². The van der Waals surface area contributed by atoms with E-state index in [4.69, 9.17) is 5.11 Å². The zero-order valence-corrected chi connectivity index (χ0v) is 8.47. The lowest BCUT2D eigenvalue weighted by molar-refractivity contribution is -0.147. The highest BCUT2D eigenvalue weighted by Gasteiger charge is 2.35. The Labute approximate surface area is 82.8 Å². The third-order valence-corrected chi connectivity index (χ3v) is 2.40. The molecule has 0 amide bonds. The molecule has 1 aromatic heterocycles. The number of unbranched alkanes of at least 4 members (excludes halogenated alkanes) is 1. The predicted octanol–water partition coefficient (Wildman–Crippen LogP) is 1.27. The van der Waals surface area contributed by atoms with Crippen molar-refractivity contribution in [2.75, 3.05) is 0 Å². The molecule has 0 bridgehead atoms. The molecule has 1 aromatic rings. The largest absolute Gasteiger partial charge is 0.479 e. The zero-order valence-electron chi connectivity index (χ0n) is 8.47. The number of hydrogen-bond donors (Lipinski definition) is 1. The Bertz CT molecular complexity index is 297. The van der Waals surface area contributed by atoms with Crippen molar-refractivity contribution in [3.05, 3.63) is 12.7 Å². The number of carboxylic acid groups (broad SMARTS) is 1. The van der Waals surface area contributed by atoms with Gasteiger partial charge in [0.25, 0.3) is 0 Å². The number of carbonyl (C=O) groups is 1. The van der Waals surface area contributed by atoms with Gasteiger partial charge in [-0.15, -0.1) is 0 Å². The minimum Gasteiger partial charge on any atom is -0.479 e. The molecule has 1 rings (SSSR count). The number of rotatable bonds is 5. The van der Waals surface area contributed by atoms with Gasteiger partial charge < -0.3 is 5.11 Å². The molecule has 0 aliphatic heterocycles. The Hall–Kier alpha value is -1.39. The van der Waals surface area contributed by atoms with Gasteiger partial charge in [0.1, 0.15) is 12.7 Å². The van der Waals surface area contributed by atoms with Crippen molar-refractivity contribution in [1.82, 2.24) is 14.8 Å². The summed E-state index contributed by atoms with van der Waals surface area (Å²) in [7, 11) is 0. The minimum absolute atomic E-state index is 0.572. The van der Waals surface area contributed by atoms with E-state index in [0.717, 1.165) is 12.8 Å². The molecule has 1 heterocycles. The Morgan fingerprint density at radius 2 is 2.36 bits per heavy atom. The maximum Gasteiger partial charge on any atom is 0.331 e. The van der Waals surface area contributed by atoms with Crippen LogP contribution in [-0.4, -0.2) is 25.8 Å². The van der Waals surface area contributed by atoms with Gasteiger partial charge in [0.05, 0.1) is 0 Å². The molecule has 5 heteroatoms. The summed E-state index contributed by atoms with van der Waals surface area (Å²) < 4.78 is 1.41. The summed E-state index contributed by atoms with van der Waals surface area (Å²) in [6, 6.07) is 0. The highest BCUT2D eigenvalue weighted by Crippen LogP contribution is 2.22. The molecule has 1 atom stereocenters. The standard InChI is InChI=1S/C9H15N3O2/c1-3-4-5-9(2,8(13)14)12-7-10-6-11-12/h6-7H,3-5H2,1-2H3,(H,13,14). The van der Waals surface area contributed by atoms with Crippen LogP contribution in [0, 0.1) is 0 Å². The third-order valence-electron chi connectivity index (χ3n) is 2.40. The molecule has 0 aromatic carbocycles. The van der Waals surface area contributed by atoms with Gasteiger partial charge in [0.2, 0.25) is 0 Å². The molecule has 0 spiro atoms. The Balaban J connectivity index is 2.87. The number of aliphatic carboxylic acids is 1. The van der Waals surface area contributed by atoms with Gasteiger partial charge >= 0.3 is 5.97 Å². The minimum atomic E-state index is -0.966. The first-order valence-corrected chi connectivity index (χ1v) is 4.69. The van der Waals surface area contributed by atoms with Crippen LogP contribution in [0.1, 0.15) is 33.1 Å². The quantitative estimate of drug-likeness (QED) is 0.771. The normalized spacial score (nSPS) is 15.0. The molecule has 1 N–H and O–H groups in total. The van der Waals surface area contributed by atoms with E-state index >= 15 is 0 Å². The maximum absolute atomic E-state index is 11.1. The Morgan fingerprint density at radius 1 is 1.64 bits per heavy atom. The topological polar surface area (TPSA) is 68.0 Å². The summed E-state index contributed by atoms with van der Waals surface area (Å²) in [4.78, 5) is 14.9. The molecule has 0 saturated heterocycles. The molecule has 0 fully saturated rings. The molecular weight excluding hydrogens is 182 g/mol. The van der Waals surface area contributed by atoms with Crippen LogP contribution < -0.4 is 0 Å². The third kappa shape index (κ3) is 1.92. The van der Waals surface area contributed by atoms with Crippen molar-refractivity contribution in [2.45, 2.75) is 38.6 Å². The highest BCUT2D eigenvalue weighted by atomic mass is 16.4. The SMILES string of the molecule is CCCCC(C)(C(=O)O)n1cncn1. The van der Waals surface area contributed by atoms with Crippen LogP contribution >= 0.6 is 0 Å². The molecule has 0 aliphatic rings. The second-order valence-electron chi connectivity index (χ2n) is 3.52. The number of aromatic nitrogens is 3. The van der Waals surface area contributed by atoms with E-state index in [-0.39, 0.29) is 0 Å². The van der Waals surface area contributed by atoms with Crippen molar-refractivity contribution in [3.63, 3.8) is 0 Å². The van der Waals surface area contributed by atoms with E-state index in [2.05, 4.69) is 10.1 Å². The lowest BCUT2D eigenvalue weighted by Crippen LogP contribution is -2.39. The second kappa shape index (κ2) is 4.21. The molecule has 5 nitrogen and oxygen atoms in total. The lowest BCUT2D eigenvalue weighted by atomic mass is 9.95. The molecule has 0 radical (unpaired) electrons. The van der Waals surface area contributed by atoms with Crippen molar-refractivity contribution < 1.29 is 9.90 Å². The highest BCUT2D eigenvalue weighted by molar-refractivity contribution is 5.75. The molecule has 14 heavy (non-hydrogen) atoms. The van der Waals surface area contributed by atoms with Crippen LogP contribution in [0.25, 0.3) is 0 Å². The average Bonchev–Trinajstić information content (AvgIpc) is 2.66. The van der Waals surface area contributed by atoms with Gasteiger partial charge in [0, 0.05) is 0 Å². The molecular formula is C9H15N3O2. The van der Waals surface area contributed by atoms with Crippen LogP contribution in [0.2, 0.25) is 0 Å². The van der Waals surface area contributed by atoms with E-state index in [1.807, 2.05) is 6.92 Å². The van der Waals surface area contributed by atoms with Crippen molar-refractivity contribution in [1.29, 1.82) is 0 Å². The summed E-state index contributed by atoms with van der Waals surface area (Å²) in [5.74, 6) is -0.864. The van der Waals surface area contributed by atoms with Crippen molar-refractivity contribution in [2.24, 2.45) is 0 Å². The van der Waals surface area contributed by atoms with Crippen molar-refractivity contribution >= 4 is 5.97 Å². The van der Waals surface area contributed by atoms with Gasteiger partial charge in [-0.05, 0) is 13.3 Å². The maximum atomic E-state index is 11.1. The average molecular weight is 197 g/mol. The van der Waals surface area contributed by atoms with Gasteiger partial charge in [-0.2, -0.15) is 5.10 Å². The van der Waals surface area contributed by atoms with E-state index in [1.165, 1.54) is 17.3 Å². The summed E-state index contributed by atoms with van der Waals surface area (Å²) in [5, 5.41) is 13.0. The van der Waals surface area contributed by atoms with Crippen LogP contribution in [0.4, 0.5) is 0 Å². The number of hydrogen-bond acceptors (Lipinski definition) is 3. The van der Waals surface area contributed by atoms with Crippen LogP contribution in [0.15, 0.2) is 12.7 Å². The fourth-order valence-electron chi connectivity index (χ4n) is 1.30. The van der Waals surface area contributed by atoms with E-state index < -0.39 is 11.5 Å². The summed E-state index contributed by atoms with van der Waals surface area (Å²) in [6.07, 6.45) is 5.21. The fraction of sp³-hybridized carbons (Fsp3) is 0.667. The molecule has 0 saturated carbocycles. The zero-order chi connectivity index (χ0) is 10.6. The Kier molecular flexibility index (Phi) is 3.22. The molecule has 1 unspecified atom stereocenters. The fourth-order valence-corrected chi connectivity index (χ4v) is 1.30. The van der Waals surface area contributed by atoms with Crippen LogP contribution in [-0.2, 0) is 10.3 Å². The number of nitrogens with zero attached hydrogens (tertiary/aromatic N) is 3. The van der Waals surface area contributed by atoms with E-state index in [1.54, 1.807) is 6.92 Å². The van der Waals surface area contributed by atoms with Gasteiger partial charge in [-0.3, -0.25) is 0 Å². The summed E-state index contributed by atoms with van der Waals surface area (Å²) in [6.45, 7) is 3.70. The Morgan fingerprint density at radius 3 is 2.79 bits per heavy atom. The van der Waals surface area contributed by atoms with Crippen LogP contribution in [0.3, 0.4) is 0 Å². The smallest absolute Gasteiger partial charge is 0.331 e. The van der Waals surface area contributed by atoms with E-state index in [0.29, 0.717) is 6.42 Å². The predicted molar refractivity (Wildman–Crippen MR) is 50.8 cm³/mol. The van der Waals surface area contributed by atoms with Crippen molar-refractivity contribution in [3.8, 4) is 0 Å². The first-order chi connectivity index (χ1) is 6.61. The molecule has 0 aliphatic carbocycles. The number of carboxylic acids is 1. The first kappa shape index (κ1) is 10.7.